The topological polar surface area (TPSA) is 61.4 Å². The molecule has 0 aliphatic heterocycles. The summed E-state index contributed by atoms with van der Waals surface area (Å²) in [5, 5.41) is 14.7. The van der Waals surface area contributed by atoms with Gasteiger partial charge in [0.2, 0.25) is 0 Å². The second kappa shape index (κ2) is 6.60. The van der Waals surface area contributed by atoms with E-state index in [1.165, 1.54) is 12.1 Å². The highest BCUT2D eigenvalue weighted by atomic mass is 19.1. The van der Waals surface area contributed by atoms with E-state index in [4.69, 9.17) is 0 Å². The van der Waals surface area contributed by atoms with Gasteiger partial charge in [0.25, 0.3) is 0 Å². The van der Waals surface area contributed by atoms with Crippen molar-refractivity contribution in [1.29, 1.82) is 0 Å². The van der Waals surface area contributed by atoms with Crippen molar-refractivity contribution in [2.45, 2.75) is 32.7 Å². The van der Waals surface area contributed by atoms with Gasteiger partial charge in [0.05, 0.1) is 12.6 Å². The minimum atomic E-state index is -0.673. The maximum absolute atomic E-state index is 13.9. The van der Waals surface area contributed by atoms with Crippen LogP contribution >= 0.6 is 0 Å². The lowest BCUT2D eigenvalue weighted by atomic mass is 9.95. The largest absolute Gasteiger partial charge is 0.396 e. The van der Waals surface area contributed by atoms with Crippen LogP contribution in [0.2, 0.25) is 0 Å². The first-order valence-corrected chi connectivity index (χ1v) is 7.47. The smallest absolute Gasteiger partial charge is 0.315 e. The number of urea groups is 1. The molecule has 4 nitrogen and oxygen atoms in total. The molecular formula is C16H22F2N2O2. The van der Waals surface area contributed by atoms with Crippen LogP contribution in [0.5, 0.6) is 0 Å². The van der Waals surface area contributed by atoms with Crippen LogP contribution in [-0.2, 0) is 0 Å². The Balaban J connectivity index is 2.00. The monoisotopic (exact) mass is 312 g/mol. The fourth-order valence-electron chi connectivity index (χ4n) is 2.38. The number of rotatable bonds is 6. The summed E-state index contributed by atoms with van der Waals surface area (Å²) in [5.74, 6) is -1.38. The normalized spacial score (nSPS) is 17.2. The minimum Gasteiger partial charge on any atom is -0.396 e. The first-order chi connectivity index (χ1) is 10.4. The predicted molar refractivity (Wildman–Crippen MR) is 79.2 cm³/mol. The molecule has 1 aliphatic rings. The second-order valence-electron chi connectivity index (χ2n) is 6.37. The summed E-state index contributed by atoms with van der Waals surface area (Å²) in [6.45, 7) is 4.15. The van der Waals surface area contributed by atoms with Crippen LogP contribution in [0.4, 0.5) is 13.6 Å². The van der Waals surface area contributed by atoms with Crippen LogP contribution in [0.25, 0.3) is 0 Å². The molecule has 1 fully saturated rings. The Kier molecular flexibility index (Phi) is 5.01. The van der Waals surface area contributed by atoms with Crippen molar-refractivity contribution in [2.24, 2.45) is 11.3 Å². The first-order valence-electron chi connectivity index (χ1n) is 7.47. The SMILES string of the molecule is CC(C)C(NC(=O)NCC1(CO)CC1)c1ccc(F)cc1F. The van der Waals surface area contributed by atoms with Gasteiger partial charge in [-0.25, -0.2) is 13.6 Å². The number of nitrogens with one attached hydrogen (secondary N) is 2. The summed E-state index contributed by atoms with van der Waals surface area (Å²) in [5.41, 5.74) is 0.0704. The molecule has 2 amide bonds. The Morgan fingerprint density at radius 3 is 2.55 bits per heavy atom. The van der Waals surface area contributed by atoms with E-state index in [1.54, 1.807) is 0 Å². The van der Waals surface area contributed by atoms with Gasteiger partial charge < -0.3 is 15.7 Å². The Labute approximate surface area is 128 Å². The zero-order valence-corrected chi connectivity index (χ0v) is 12.8. The summed E-state index contributed by atoms with van der Waals surface area (Å²) in [4.78, 5) is 12.0. The van der Waals surface area contributed by atoms with Gasteiger partial charge in [0.15, 0.2) is 0 Å². The molecule has 2 rings (SSSR count). The zero-order chi connectivity index (χ0) is 16.3. The number of hydrogen-bond donors (Lipinski definition) is 3. The number of amides is 2. The van der Waals surface area contributed by atoms with E-state index in [0.717, 1.165) is 18.9 Å². The van der Waals surface area contributed by atoms with Crippen molar-refractivity contribution in [3.8, 4) is 0 Å². The third-order valence-corrected chi connectivity index (χ3v) is 4.17. The average molecular weight is 312 g/mol. The first kappa shape index (κ1) is 16.7. The lowest BCUT2D eigenvalue weighted by molar-refractivity contribution is 0.200. The van der Waals surface area contributed by atoms with Gasteiger partial charge in [-0.15, -0.1) is 0 Å². The molecule has 0 bridgehead atoms. The maximum atomic E-state index is 13.9. The van der Waals surface area contributed by atoms with Crippen molar-refractivity contribution in [3.05, 3.63) is 35.4 Å². The Morgan fingerprint density at radius 2 is 2.05 bits per heavy atom. The summed E-state index contributed by atoms with van der Waals surface area (Å²) in [6, 6.07) is 2.38. The van der Waals surface area contributed by atoms with E-state index in [0.29, 0.717) is 6.54 Å². The molecule has 22 heavy (non-hydrogen) atoms. The molecule has 1 aromatic carbocycles. The highest BCUT2D eigenvalue weighted by Gasteiger charge is 2.42. The van der Waals surface area contributed by atoms with E-state index in [-0.39, 0.29) is 23.5 Å². The molecule has 0 aromatic heterocycles. The molecule has 122 valence electrons. The summed E-state index contributed by atoms with van der Waals surface area (Å²) < 4.78 is 26.9. The molecule has 1 atom stereocenters. The third kappa shape index (κ3) is 3.94. The number of aliphatic hydroxyl groups is 1. The van der Waals surface area contributed by atoms with Gasteiger partial charge in [-0.05, 0) is 24.8 Å². The standard InChI is InChI=1S/C16H22F2N2O2/c1-10(2)14(12-4-3-11(17)7-13(12)18)20-15(22)19-8-16(9-21)5-6-16/h3-4,7,10,14,21H,5-6,8-9H2,1-2H3,(H2,19,20,22). The van der Waals surface area contributed by atoms with Crippen molar-refractivity contribution in [1.82, 2.24) is 10.6 Å². The van der Waals surface area contributed by atoms with Crippen LogP contribution in [0.1, 0.15) is 38.3 Å². The Bertz CT molecular complexity index is 545. The number of carbonyl (C=O) groups is 1. The predicted octanol–water partition coefficient (Wildman–Crippen LogP) is 2.73. The van der Waals surface area contributed by atoms with E-state index in [2.05, 4.69) is 10.6 Å². The van der Waals surface area contributed by atoms with E-state index in [1.807, 2.05) is 13.8 Å². The minimum absolute atomic E-state index is 0.0491. The molecule has 0 saturated heterocycles. The average Bonchev–Trinajstić information content (AvgIpc) is 3.24. The number of hydrogen-bond acceptors (Lipinski definition) is 2. The molecular weight excluding hydrogens is 290 g/mol. The lowest BCUT2D eigenvalue weighted by Gasteiger charge is -2.24. The number of aliphatic hydroxyl groups excluding tert-OH is 1. The van der Waals surface area contributed by atoms with Crippen LogP contribution in [-0.4, -0.2) is 24.3 Å². The molecule has 0 heterocycles. The number of halogens is 2. The van der Waals surface area contributed by atoms with Gasteiger partial charge in [-0.1, -0.05) is 19.9 Å². The fraction of sp³-hybridized carbons (Fsp3) is 0.562. The van der Waals surface area contributed by atoms with Crippen molar-refractivity contribution in [2.75, 3.05) is 13.2 Å². The van der Waals surface area contributed by atoms with Gasteiger partial charge in [-0.3, -0.25) is 0 Å². The summed E-state index contributed by atoms with van der Waals surface area (Å²) in [6.07, 6.45) is 1.79. The maximum Gasteiger partial charge on any atom is 0.315 e. The van der Waals surface area contributed by atoms with Crippen LogP contribution in [0.15, 0.2) is 18.2 Å². The molecule has 0 radical (unpaired) electrons. The molecule has 3 N–H and O–H groups in total. The van der Waals surface area contributed by atoms with Crippen molar-refractivity contribution < 1.29 is 18.7 Å². The molecule has 1 saturated carbocycles. The highest BCUT2D eigenvalue weighted by molar-refractivity contribution is 5.74. The molecule has 1 aliphatic carbocycles. The van der Waals surface area contributed by atoms with Gasteiger partial charge in [0.1, 0.15) is 11.6 Å². The van der Waals surface area contributed by atoms with Crippen LogP contribution in [0.3, 0.4) is 0 Å². The van der Waals surface area contributed by atoms with Gasteiger partial charge in [0, 0.05) is 23.6 Å². The quantitative estimate of drug-likeness (QED) is 0.756. The Morgan fingerprint density at radius 1 is 1.36 bits per heavy atom. The molecule has 1 unspecified atom stereocenters. The Hall–Kier alpha value is -1.69. The molecule has 6 heteroatoms. The van der Waals surface area contributed by atoms with E-state index >= 15 is 0 Å². The van der Waals surface area contributed by atoms with Gasteiger partial charge >= 0.3 is 6.03 Å². The van der Waals surface area contributed by atoms with Gasteiger partial charge in [-0.2, -0.15) is 0 Å². The highest BCUT2D eigenvalue weighted by Crippen LogP contribution is 2.44. The third-order valence-electron chi connectivity index (χ3n) is 4.17. The summed E-state index contributed by atoms with van der Waals surface area (Å²) >= 11 is 0. The molecule has 1 aromatic rings. The van der Waals surface area contributed by atoms with Crippen LogP contribution < -0.4 is 10.6 Å². The van der Waals surface area contributed by atoms with Crippen molar-refractivity contribution in [3.63, 3.8) is 0 Å². The van der Waals surface area contributed by atoms with E-state index in [9.17, 15) is 18.7 Å². The summed E-state index contributed by atoms with van der Waals surface area (Å²) in [7, 11) is 0. The fourth-order valence-corrected chi connectivity index (χ4v) is 2.38. The number of carbonyl (C=O) groups excluding carboxylic acids is 1. The van der Waals surface area contributed by atoms with Crippen molar-refractivity contribution >= 4 is 6.03 Å². The van der Waals surface area contributed by atoms with E-state index < -0.39 is 23.7 Å². The second-order valence-corrected chi connectivity index (χ2v) is 6.37. The lowest BCUT2D eigenvalue weighted by Crippen LogP contribution is -2.42. The number of benzene rings is 1. The zero-order valence-electron chi connectivity index (χ0n) is 12.8. The molecule has 0 spiro atoms. The van der Waals surface area contributed by atoms with Crippen LogP contribution in [0, 0.1) is 23.0 Å².